The van der Waals surface area contributed by atoms with Crippen molar-refractivity contribution in [1.29, 1.82) is 0 Å². The topological polar surface area (TPSA) is 106 Å². The molecule has 2 heterocycles. The number of aliphatic hydroxyl groups excluding tert-OH is 1. The van der Waals surface area contributed by atoms with Crippen molar-refractivity contribution >= 4 is 16.9 Å². The fourth-order valence-corrected chi connectivity index (χ4v) is 3.35. The predicted octanol–water partition coefficient (Wildman–Crippen LogP) is 2.81. The van der Waals surface area contributed by atoms with Crippen LogP contribution in [0, 0.1) is 13.8 Å². The van der Waals surface area contributed by atoms with Gasteiger partial charge in [-0.1, -0.05) is 35.5 Å². The van der Waals surface area contributed by atoms with Crippen LogP contribution >= 0.6 is 0 Å². The normalized spacial score (nSPS) is 12.2. The number of amides is 1. The summed E-state index contributed by atoms with van der Waals surface area (Å²) in [6.07, 6.45) is 1.53. The molecule has 2 N–H and O–H groups in total. The average Bonchev–Trinajstić information content (AvgIpc) is 3.39. The third-order valence-corrected chi connectivity index (χ3v) is 5.24. The van der Waals surface area contributed by atoms with Crippen LogP contribution in [0.5, 0.6) is 0 Å². The van der Waals surface area contributed by atoms with E-state index < -0.39 is 6.10 Å². The summed E-state index contributed by atoms with van der Waals surface area (Å²) >= 11 is 0. The molecule has 0 aliphatic rings. The third kappa shape index (κ3) is 4.97. The lowest BCUT2D eigenvalue weighted by molar-refractivity contribution is -0.121. The first-order valence-electron chi connectivity index (χ1n) is 10.2. The van der Waals surface area contributed by atoms with Gasteiger partial charge in [-0.3, -0.25) is 4.79 Å². The van der Waals surface area contributed by atoms with Crippen molar-refractivity contribution in [3.05, 3.63) is 65.8 Å². The highest BCUT2D eigenvalue weighted by Crippen LogP contribution is 2.19. The summed E-state index contributed by atoms with van der Waals surface area (Å²) in [6.45, 7) is 4.61. The molecule has 0 unspecified atom stereocenters. The van der Waals surface area contributed by atoms with Crippen LogP contribution in [0.1, 0.15) is 23.4 Å². The van der Waals surface area contributed by atoms with Crippen LogP contribution in [0.25, 0.3) is 22.4 Å². The maximum atomic E-state index is 12.2. The zero-order chi connectivity index (χ0) is 21.8. The number of aryl methyl sites for hydroxylation is 3. The summed E-state index contributed by atoms with van der Waals surface area (Å²) in [5.41, 5.74) is 5.09. The highest BCUT2D eigenvalue weighted by molar-refractivity contribution is 5.77. The van der Waals surface area contributed by atoms with Crippen molar-refractivity contribution in [1.82, 2.24) is 25.0 Å². The lowest BCUT2D eigenvalue weighted by atomic mass is 10.1. The van der Waals surface area contributed by atoms with E-state index in [0.29, 0.717) is 24.7 Å². The van der Waals surface area contributed by atoms with Crippen LogP contribution in [0.4, 0.5) is 0 Å². The molecule has 0 spiro atoms. The van der Waals surface area contributed by atoms with E-state index in [1.54, 1.807) is 6.33 Å². The van der Waals surface area contributed by atoms with Crippen molar-refractivity contribution in [3.63, 3.8) is 0 Å². The second kappa shape index (κ2) is 9.09. The van der Waals surface area contributed by atoms with Gasteiger partial charge in [-0.15, -0.1) is 0 Å². The average molecular weight is 419 g/mol. The monoisotopic (exact) mass is 419 g/mol. The molecule has 0 saturated heterocycles. The van der Waals surface area contributed by atoms with E-state index in [1.165, 1.54) is 11.1 Å². The Balaban J connectivity index is 1.25. The fraction of sp³-hybridized carbons (Fsp3) is 0.304. The van der Waals surface area contributed by atoms with E-state index in [-0.39, 0.29) is 18.9 Å². The Morgan fingerprint density at radius 1 is 1.19 bits per heavy atom. The lowest BCUT2D eigenvalue weighted by Gasteiger charge is -2.13. The van der Waals surface area contributed by atoms with Gasteiger partial charge in [0.25, 0.3) is 0 Å². The first kappa shape index (κ1) is 20.7. The van der Waals surface area contributed by atoms with Crippen LogP contribution < -0.4 is 5.32 Å². The van der Waals surface area contributed by atoms with E-state index in [4.69, 9.17) is 4.52 Å². The Morgan fingerprint density at radius 3 is 2.77 bits per heavy atom. The third-order valence-electron chi connectivity index (χ3n) is 5.24. The van der Waals surface area contributed by atoms with E-state index in [0.717, 1.165) is 16.6 Å². The highest BCUT2D eigenvalue weighted by atomic mass is 16.5. The van der Waals surface area contributed by atoms with Gasteiger partial charge in [0.1, 0.15) is 0 Å². The van der Waals surface area contributed by atoms with Gasteiger partial charge >= 0.3 is 0 Å². The molecule has 31 heavy (non-hydrogen) atoms. The molecule has 0 fully saturated rings. The summed E-state index contributed by atoms with van der Waals surface area (Å²) in [5, 5.41) is 17.1. The van der Waals surface area contributed by atoms with Gasteiger partial charge in [0.15, 0.2) is 0 Å². The number of nitrogens with one attached hydrogen (secondary N) is 1. The minimum Gasteiger partial charge on any atom is -0.389 e. The quantitative estimate of drug-likeness (QED) is 0.455. The molecule has 2 aromatic carbocycles. The van der Waals surface area contributed by atoms with Gasteiger partial charge < -0.3 is 19.5 Å². The molecule has 0 aliphatic carbocycles. The number of hydrogen-bond donors (Lipinski definition) is 2. The molecule has 1 atom stereocenters. The summed E-state index contributed by atoms with van der Waals surface area (Å²) in [7, 11) is 0. The maximum absolute atomic E-state index is 12.2. The van der Waals surface area contributed by atoms with Gasteiger partial charge in [0.05, 0.1) is 30.0 Å². The minimum atomic E-state index is -0.726. The summed E-state index contributed by atoms with van der Waals surface area (Å²) in [4.78, 5) is 20.9. The molecular formula is C23H25N5O3. The van der Waals surface area contributed by atoms with Gasteiger partial charge in [-0.25, -0.2) is 4.98 Å². The second-order valence-corrected chi connectivity index (χ2v) is 7.66. The van der Waals surface area contributed by atoms with Crippen molar-refractivity contribution in [2.45, 2.75) is 39.3 Å². The minimum absolute atomic E-state index is 0.155. The van der Waals surface area contributed by atoms with E-state index in [2.05, 4.69) is 40.4 Å². The Hall–Kier alpha value is -3.52. The molecule has 0 bridgehead atoms. The lowest BCUT2D eigenvalue weighted by Crippen LogP contribution is -2.34. The standard InChI is InChI=1S/C23H25N5O3/c1-15-10-19-20(11-16(15)2)28(14-25-19)13-18(29)12-24-21(30)8-9-22-26-23(27-31-22)17-6-4-3-5-7-17/h3-7,10-11,14,18,29H,8-9,12-13H2,1-2H3,(H,24,30)/t18-/m1/s1. The van der Waals surface area contributed by atoms with E-state index >= 15 is 0 Å². The van der Waals surface area contributed by atoms with Crippen molar-refractivity contribution in [2.75, 3.05) is 6.54 Å². The number of nitrogens with zero attached hydrogens (tertiary/aromatic N) is 4. The maximum Gasteiger partial charge on any atom is 0.227 e. The molecule has 8 heteroatoms. The number of benzene rings is 2. The number of rotatable bonds is 8. The van der Waals surface area contributed by atoms with E-state index in [1.807, 2.05) is 41.0 Å². The van der Waals surface area contributed by atoms with E-state index in [9.17, 15) is 9.90 Å². The van der Waals surface area contributed by atoms with Crippen molar-refractivity contribution in [3.8, 4) is 11.4 Å². The first-order chi connectivity index (χ1) is 15.0. The van der Waals surface area contributed by atoms with Gasteiger partial charge in [0, 0.05) is 24.9 Å². The van der Waals surface area contributed by atoms with Crippen LogP contribution in [0.3, 0.4) is 0 Å². The zero-order valence-corrected chi connectivity index (χ0v) is 17.6. The molecule has 4 rings (SSSR count). The number of hydrogen-bond acceptors (Lipinski definition) is 6. The molecule has 0 aliphatic heterocycles. The number of carbonyl (C=O) groups excluding carboxylic acids is 1. The van der Waals surface area contributed by atoms with Crippen LogP contribution in [0.2, 0.25) is 0 Å². The molecule has 160 valence electrons. The van der Waals surface area contributed by atoms with Crippen LogP contribution in [0.15, 0.2) is 53.3 Å². The van der Waals surface area contributed by atoms with Crippen LogP contribution in [-0.2, 0) is 17.8 Å². The predicted molar refractivity (Wildman–Crippen MR) is 116 cm³/mol. The Labute approximate surface area is 179 Å². The molecule has 2 aromatic heterocycles. The van der Waals surface area contributed by atoms with Gasteiger partial charge in [-0.2, -0.15) is 4.98 Å². The van der Waals surface area contributed by atoms with Gasteiger partial charge in [-0.05, 0) is 37.1 Å². The highest BCUT2D eigenvalue weighted by Gasteiger charge is 2.13. The van der Waals surface area contributed by atoms with Crippen molar-refractivity contribution < 1.29 is 14.4 Å². The Morgan fingerprint density at radius 2 is 1.97 bits per heavy atom. The number of aromatic nitrogens is 4. The number of aliphatic hydroxyl groups is 1. The molecule has 0 radical (unpaired) electrons. The smallest absolute Gasteiger partial charge is 0.227 e. The number of imidazole rings is 1. The SMILES string of the molecule is Cc1cc2ncn(C[C@H](O)CNC(=O)CCc3nc(-c4ccccc4)no3)c2cc1C. The molecule has 1 amide bonds. The first-order valence-corrected chi connectivity index (χ1v) is 10.2. The second-order valence-electron chi connectivity index (χ2n) is 7.66. The fourth-order valence-electron chi connectivity index (χ4n) is 3.35. The number of fused-ring (bicyclic) bond motifs is 1. The summed E-state index contributed by atoms with van der Waals surface area (Å²) in [6, 6.07) is 13.6. The van der Waals surface area contributed by atoms with Gasteiger partial charge in [0.2, 0.25) is 17.6 Å². The molecule has 0 saturated carbocycles. The largest absolute Gasteiger partial charge is 0.389 e. The summed E-state index contributed by atoms with van der Waals surface area (Å²) < 4.78 is 7.13. The molecular weight excluding hydrogens is 394 g/mol. The molecule has 8 nitrogen and oxygen atoms in total. The Bertz CT molecular complexity index is 1180. The van der Waals surface area contributed by atoms with Crippen molar-refractivity contribution in [2.24, 2.45) is 0 Å². The Kier molecular flexibility index (Phi) is 6.08. The van der Waals surface area contributed by atoms with Crippen LogP contribution in [-0.4, -0.2) is 43.4 Å². The number of carbonyl (C=O) groups is 1. The molecule has 4 aromatic rings. The summed E-state index contributed by atoms with van der Waals surface area (Å²) in [5.74, 6) is 0.731. The zero-order valence-electron chi connectivity index (χ0n) is 17.6.